The molecule has 86 valence electrons. The van der Waals surface area contributed by atoms with Crippen LogP contribution in [0.25, 0.3) is 0 Å². The van der Waals surface area contributed by atoms with Crippen LogP contribution in [0.4, 0.5) is 0 Å². The van der Waals surface area contributed by atoms with E-state index in [1.165, 1.54) is 0 Å². The van der Waals surface area contributed by atoms with Crippen molar-refractivity contribution in [1.82, 2.24) is 15.1 Å². The second-order valence-corrected chi connectivity index (χ2v) is 4.75. The standard InChI is InChI=1S/C11H21N3O/c1-3-4-9-7-13(2)8-10-5-12-6-11(15)14(9)10/h9-10,12H,3-8H2,1-2H3. The molecule has 0 saturated carbocycles. The molecule has 0 aromatic heterocycles. The lowest BCUT2D eigenvalue weighted by Crippen LogP contribution is -2.66. The Morgan fingerprint density at radius 2 is 2.27 bits per heavy atom. The van der Waals surface area contributed by atoms with E-state index in [1.807, 2.05) is 0 Å². The number of amides is 1. The van der Waals surface area contributed by atoms with Gasteiger partial charge in [0.05, 0.1) is 12.6 Å². The van der Waals surface area contributed by atoms with E-state index in [0.29, 0.717) is 18.6 Å². The van der Waals surface area contributed by atoms with Crippen molar-refractivity contribution in [2.24, 2.45) is 0 Å². The van der Waals surface area contributed by atoms with E-state index < -0.39 is 0 Å². The van der Waals surface area contributed by atoms with Crippen LogP contribution in [0, 0.1) is 0 Å². The number of rotatable bonds is 2. The Balaban J connectivity index is 2.10. The molecular weight excluding hydrogens is 190 g/mol. The molecule has 4 nitrogen and oxygen atoms in total. The molecule has 2 saturated heterocycles. The molecule has 4 heteroatoms. The first-order valence-corrected chi connectivity index (χ1v) is 5.92. The van der Waals surface area contributed by atoms with E-state index in [0.717, 1.165) is 32.5 Å². The predicted molar refractivity (Wildman–Crippen MR) is 59.7 cm³/mol. The third-order valence-corrected chi connectivity index (χ3v) is 3.40. The minimum atomic E-state index is 0.290. The number of nitrogens with one attached hydrogen (secondary N) is 1. The molecule has 1 N–H and O–H groups in total. The Kier molecular flexibility index (Phi) is 3.26. The van der Waals surface area contributed by atoms with Crippen LogP contribution in [0.3, 0.4) is 0 Å². The van der Waals surface area contributed by atoms with Crippen LogP contribution in [0.1, 0.15) is 19.8 Å². The van der Waals surface area contributed by atoms with Gasteiger partial charge in [-0.15, -0.1) is 0 Å². The maximum Gasteiger partial charge on any atom is 0.237 e. The van der Waals surface area contributed by atoms with Crippen LogP contribution >= 0.6 is 0 Å². The molecule has 2 atom stereocenters. The number of fused-ring (bicyclic) bond motifs is 1. The summed E-state index contributed by atoms with van der Waals surface area (Å²) < 4.78 is 0. The highest BCUT2D eigenvalue weighted by molar-refractivity contribution is 5.80. The van der Waals surface area contributed by atoms with Crippen molar-refractivity contribution in [3.63, 3.8) is 0 Å². The van der Waals surface area contributed by atoms with Crippen LogP contribution in [0.2, 0.25) is 0 Å². The quantitative estimate of drug-likeness (QED) is 0.693. The highest BCUT2D eigenvalue weighted by atomic mass is 16.2. The molecule has 1 amide bonds. The van der Waals surface area contributed by atoms with Gasteiger partial charge in [-0.3, -0.25) is 4.79 Å². The Hall–Kier alpha value is -0.610. The molecule has 0 bridgehead atoms. The molecular formula is C11H21N3O. The lowest BCUT2D eigenvalue weighted by atomic mass is 10.0. The fraction of sp³-hybridized carbons (Fsp3) is 0.909. The first-order chi connectivity index (χ1) is 7.22. The highest BCUT2D eigenvalue weighted by Crippen LogP contribution is 2.20. The average molecular weight is 211 g/mol. The van der Waals surface area contributed by atoms with Crippen molar-refractivity contribution in [2.45, 2.75) is 31.8 Å². The van der Waals surface area contributed by atoms with Crippen LogP contribution in [0.15, 0.2) is 0 Å². The van der Waals surface area contributed by atoms with Gasteiger partial charge in [0.15, 0.2) is 0 Å². The summed E-state index contributed by atoms with van der Waals surface area (Å²) in [5.74, 6) is 0.290. The Morgan fingerprint density at radius 3 is 3.00 bits per heavy atom. The zero-order valence-electron chi connectivity index (χ0n) is 9.70. The molecule has 0 aromatic carbocycles. The lowest BCUT2D eigenvalue weighted by Gasteiger charge is -2.48. The van der Waals surface area contributed by atoms with Gasteiger partial charge in [0.25, 0.3) is 0 Å². The van der Waals surface area contributed by atoms with Crippen molar-refractivity contribution in [2.75, 3.05) is 33.2 Å². The molecule has 0 radical (unpaired) electrons. The van der Waals surface area contributed by atoms with E-state index in [-0.39, 0.29) is 5.91 Å². The smallest absolute Gasteiger partial charge is 0.237 e. The Labute approximate surface area is 91.6 Å². The van der Waals surface area contributed by atoms with Crippen LogP contribution in [0.5, 0.6) is 0 Å². The third kappa shape index (κ3) is 2.16. The summed E-state index contributed by atoms with van der Waals surface area (Å²) in [6.45, 7) is 5.72. The largest absolute Gasteiger partial charge is 0.332 e. The molecule has 2 aliphatic heterocycles. The number of likely N-dealkylation sites (N-methyl/N-ethyl adjacent to an activating group) is 1. The average Bonchev–Trinajstić information content (AvgIpc) is 2.17. The number of nitrogens with zero attached hydrogens (tertiary/aromatic N) is 2. The normalized spacial score (nSPS) is 32.9. The second-order valence-electron chi connectivity index (χ2n) is 4.75. The molecule has 2 fully saturated rings. The molecule has 15 heavy (non-hydrogen) atoms. The SMILES string of the molecule is CCCC1CN(C)CC2CNCC(=O)N12. The molecule has 0 aliphatic carbocycles. The summed E-state index contributed by atoms with van der Waals surface area (Å²) in [5, 5.41) is 3.20. The van der Waals surface area contributed by atoms with Gasteiger partial charge in [0.2, 0.25) is 5.91 Å². The number of carbonyl (C=O) groups excluding carboxylic acids is 1. The van der Waals surface area contributed by atoms with Crippen LogP contribution in [-0.4, -0.2) is 61.0 Å². The summed E-state index contributed by atoms with van der Waals surface area (Å²) >= 11 is 0. The second kappa shape index (κ2) is 4.49. The van der Waals surface area contributed by atoms with Gasteiger partial charge < -0.3 is 15.1 Å². The van der Waals surface area contributed by atoms with Gasteiger partial charge in [0.1, 0.15) is 0 Å². The predicted octanol–water partition coefficient (Wildman–Crippen LogP) is -0.0991. The van der Waals surface area contributed by atoms with Crippen molar-refractivity contribution in [1.29, 1.82) is 0 Å². The zero-order valence-corrected chi connectivity index (χ0v) is 9.70. The number of hydrogen-bond acceptors (Lipinski definition) is 3. The summed E-state index contributed by atoms with van der Waals surface area (Å²) in [5.41, 5.74) is 0. The van der Waals surface area contributed by atoms with Crippen molar-refractivity contribution >= 4 is 5.91 Å². The first kappa shape index (κ1) is 10.9. The van der Waals surface area contributed by atoms with Gasteiger partial charge in [0, 0.05) is 25.7 Å². The molecule has 2 rings (SSSR count). The summed E-state index contributed by atoms with van der Waals surface area (Å²) in [6.07, 6.45) is 2.29. The number of piperazine rings is 2. The Bertz CT molecular complexity index is 244. The van der Waals surface area contributed by atoms with E-state index in [9.17, 15) is 4.79 Å². The fourth-order valence-corrected chi connectivity index (χ4v) is 2.84. The van der Waals surface area contributed by atoms with Crippen molar-refractivity contribution in [3.05, 3.63) is 0 Å². The number of carbonyl (C=O) groups is 1. The van der Waals surface area contributed by atoms with Crippen molar-refractivity contribution in [3.8, 4) is 0 Å². The van der Waals surface area contributed by atoms with Gasteiger partial charge in [-0.1, -0.05) is 13.3 Å². The zero-order chi connectivity index (χ0) is 10.8. The minimum absolute atomic E-state index is 0.290. The monoisotopic (exact) mass is 211 g/mol. The van der Waals surface area contributed by atoms with Gasteiger partial charge in [-0.2, -0.15) is 0 Å². The van der Waals surface area contributed by atoms with E-state index in [4.69, 9.17) is 0 Å². The van der Waals surface area contributed by atoms with Gasteiger partial charge in [-0.05, 0) is 13.5 Å². The molecule has 2 aliphatic rings. The van der Waals surface area contributed by atoms with Gasteiger partial charge in [-0.25, -0.2) is 0 Å². The first-order valence-electron chi connectivity index (χ1n) is 5.92. The topological polar surface area (TPSA) is 35.6 Å². The van der Waals surface area contributed by atoms with Crippen LogP contribution in [-0.2, 0) is 4.79 Å². The highest BCUT2D eigenvalue weighted by Gasteiger charge is 2.37. The van der Waals surface area contributed by atoms with Crippen LogP contribution < -0.4 is 5.32 Å². The molecule has 2 unspecified atom stereocenters. The van der Waals surface area contributed by atoms with E-state index >= 15 is 0 Å². The molecule has 0 spiro atoms. The molecule has 2 heterocycles. The fourth-order valence-electron chi connectivity index (χ4n) is 2.84. The molecule has 0 aromatic rings. The maximum absolute atomic E-state index is 11.9. The third-order valence-electron chi connectivity index (χ3n) is 3.40. The summed E-state index contributed by atoms with van der Waals surface area (Å²) in [6, 6.07) is 0.829. The van der Waals surface area contributed by atoms with E-state index in [2.05, 4.69) is 29.1 Å². The maximum atomic E-state index is 11.9. The van der Waals surface area contributed by atoms with E-state index in [1.54, 1.807) is 0 Å². The summed E-state index contributed by atoms with van der Waals surface area (Å²) in [7, 11) is 2.15. The van der Waals surface area contributed by atoms with Gasteiger partial charge >= 0.3 is 0 Å². The van der Waals surface area contributed by atoms with Crippen molar-refractivity contribution < 1.29 is 4.79 Å². The minimum Gasteiger partial charge on any atom is -0.332 e. The number of hydrogen-bond donors (Lipinski definition) is 1. The Morgan fingerprint density at radius 1 is 1.47 bits per heavy atom. The summed E-state index contributed by atoms with van der Waals surface area (Å²) in [4.78, 5) is 16.4. The lowest BCUT2D eigenvalue weighted by molar-refractivity contribution is -0.142.